The Hall–Kier alpha value is -0.970. The Labute approximate surface area is 120 Å². The van der Waals surface area contributed by atoms with Crippen molar-refractivity contribution in [2.24, 2.45) is 0 Å². The molecule has 1 atom stereocenters. The van der Waals surface area contributed by atoms with Crippen molar-refractivity contribution in [2.45, 2.75) is 44.8 Å². The first-order valence-corrected chi connectivity index (χ1v) is 8.12. The van der Waals surface area contributed by atoms with Crippen molar-refractivity contribution in [2.75, 3.05) is 29.5 Å². The third kappa shape index (κ3) is 3.53. The zero-order valence-corrected chi connectivity index (χ0v) is 12.9. The lowest BCUT2D eigenvalue weighted by atomic mass is 10.1. The van der Waals surface area contributed by atoms with Crippen molar-refractivity contribution in [1.82, 2.24) is 9.97 Å². The fourth-order valence-corrected chi connectivity index (χ4v) is 3.71. The second-order valence-corrected chi connectivity index (χ2v) is 6.87. The quantitative estimate of drug-likeness (QED) is 0.838. The maximum Gasteiger partial charge on any atom is 0.134 e. The number of thioether (sulfide) groups is 1. The van der Waals surface area contributed by atoms with Gasteiger partial charge < -0.3 is 10.6 Å². The normalized spacial score (nSPS) is 22.5. The van der Waals surface area contributed by atoms with Crippen LogP contribution in [0.25, 0.3) is 0 Å². The second kappa shape index (κ2) is 6.46. The predicted octanol–water partition coefficient (Wildman–Crippen LogP) is 3.17. The highest BCUT2D eigenvalue weighted by molar-refractivity contribution is 8.00. The molecule has 1 aromatic rings. The Morgan fingerprint density at radius 1 is 1.26 bits per heavy atom. The molecule has 1 fully saturated rings. The number of nitrogens with one attached hydrogen (secondary N) is 2. The summed E-state index contributed by atoms with van der Waals surface area (Å²) in [7, 11) is 0. The molecular weight excluding hydrogens is 256 g/mol. The molecule has 0 bridgehead atoms. The van der Waals surface area contributed by atoms with Gasteiger partial charge in [-0.15, -0.1) is 0 Å². The number of nitrogens with zero attached hydrogens (tertiary/aromatic N) is 2. The van der Waals surface area contributed by atoms with Crippen molar-refractivity contribution >= 4 is 23.4 Å². The Morgan fingerprint density at radius 2 is 2.00 bits per heavy atom. The molecule has 0 saturated carbocycles. The molecule has 5 heteroatoms. The van der Waals surface area contributed by atoms with Gasteiger partial charge in [-0.05, 0) is 38.9 Å². The highest BCUT2D eigenvalue weighted by atomic mass is 32.2. The first-order chi connectivity index (χ1) is 9.18. The highest BCUT2D eigenvalue weighted by Crippen LogP contribution is 2.37. The standard InChI is InChI=1S/C14H24N4S/c1-4-11-12(15-5-2)17-10-18-13(11)16-9-14(3)7-6-8-19-14/h10H,4-9H2,1-3H3,(H2,15,16,17,18). The largest absolute Gasteiger partial charge is 0.370 e. The van der Waals surface area contributed by atoms with Crippen LogP contribution in [0.2, 0.25) is 0 Å². The van der Waals surface area contributed by atoms with Crippen LogP contribution in [0.3, 0.4) is 0 Å². The second-order valence-electron chi connectivity index (χ2n) is 5.19. The maximum atomic E-state index is 4.41. The van der Waals surface area contributed by atoms with E-state index in [1.165, 1.54) is 24.2 Å². The topological polar surface area (TPSA) is 49.8 Å². The smallest absolute Gasteiger partial charge is 0.134 e. The van der Waals surface area contributed by atoms with Crippen molar-refractivity contribution in [3.63, 3.8) is 0 Å². The van der Waals surface area contributed by atoms with Gasteiger partial charge in [-0.2, -0.15) is 11.8 Å². The average Bonchev–Trinajstić information content (AvgIpc) is 2.84. The molecule has 1 aliphatic rings. The summed E-state index contributed by atoms with van der Waals surface area (Å²) < 4.78 is 0.355. The number of rotatable bonds is 6. The van der Waals surface area contributed by atoms with E-state index in [0.717, 1.165) is 31.1 Å². The van der Waals surface area contributed by atoms with Gasteiger partial charge in [-0.1, -0.05) is 6.92 Å². The van der Waals surface area contributed by atoms with E-state index >= 15 is 0 Å². The Morgan fingerprint density at radius 3 is 2.58 bits per heavy atom. The molecule has 19 heavy (non-hydrogen) atoms. The third-order valence-electron chi connectivity index (χ3n) is 3.57. The number of anilines is 2. The van der Waals surface area contributed by atoms with E-state index in [9.17, 15) is 0 Å². The van der Waals surface area contributed by atoms with Gasteiger partial charge in [0.15, 0.2) is 0 Å². The van der Waals surface area contributed by atoms with Gasteiger partial charge in [-0.25, -0.2) is 9.97 Å². The summed E-state index contributed by atoms with van der Waals surface area (Å²) in [5.74, 6) is 3.24. The molecule has 0 aromatic carbocycles. The van der Waals surface area contributed by atoms with Crippen LogP contribution in [-0.2, 0) is 6.42 Å². The maximum absolute atomic E-state index is 4.41. The Kier molecular flexibility index (Phi) is 4.91. The van der Waals surface area contributed by atoms with Crippen LogP contribution in [0.4, 0.5) is 11.6 Å². The van der Waals surface area contributed by atoms with E-state index in [1.54, 1.807) is 6.33 Å². The molecule has 106 valence electrons. The van der Waals surface area contributed by atoms with Gasteiger partial charge in [-0.3, -0.25) is 0 Å². The van der Waals surface area contributed by atoms with Crippen molar-refractivity contribution in [1.29, 1.82) is 0 Å². The van der Waals surface area contributed by atoms with Crippen LogP contribution in [-0.4, -0.2) is 33.6 Å². The molecule has 1 aliphatic heterocycles. The van der Waals surface area contributed by atoms with Gasteiger partial charge in [0.1, 0.15) is 18.0 Å². The van der Waals surface area contributed by atoms with Crippen LogP contribution in [0.1, 0.15) is 39.2 Å². The SMILES string of the molecule is CCNc1ncnc(NCC2(C)CCCS2)c1CC. The summed E-state index contributed by atoms with van der Waals surface area (Å²) in [5, 5.41) is 6.84. The van der Waals surface area contributed by atoms with E-state index < -0.39 is 0 Å². The van der Waals surface area contributed by atoms with Crippen molar-refractivity contribution in [3.8, 4) is 0 Å². The lowest BCUT2D eigenvalue weighted by Gasteiger charge is -2.24. The molecule has 1 unspecified atom stereocenters. The summed E-state index contributed by atoms with van der Waals surface area (Å²) in [6, 6.07) is 0. The van der Waals surface area contributed by atoms with E-state index in [0.29, 0.717) is 4.75 Å². The van der Waals surface area contributed by atoms with Gasteiger partial charge in [0, 0.05) is 23.4 Å². The van der Waals surface area contributed by atoms with E-state index in [1.807, 2.05) is 0 Å². The molecule has 0 aliphatic carbocycles. The van der Waals surface area contributed by atoms with Crippen LogP contribution >= 0.6 is 11.8 Å². The van der Waals surface area contributed by atoms with Gasteiger partial charge >= 0.3 is 0 Å². The zero-order valence-electron chi connectivity index (χ0n) is 12.1. The molecule has 0 amide bonds. The molecule has 0 spiro atoms. The Balaban J connectivity index is 2.08. The summed E-state index contributed by atoms with van der Waals surface area (Å²) >= 11 is 2.07. The first kappa shape index (κ1) is 14.4. The lowest BCUT2D eigenvalue weighted by molar-refractivity contribution is 0.633. The molecule has 2 rings (SSSR count). The minimum atomic E-state index is 0.355. The van der Waals surface area contributed by atoms with Gasteiger partial charge in [0.25, 0.3) is 0 Å². The highest BCUT2D eigenvalue weighted by Gasteiger charge is 2.29. The fraction of sp³-hybridized carbons (Fsp3) is 0.714. The number of aromatic nitrogens is 2. The summed E-state index contributed by atoms with van der Waals surface area (Å²) in [4.78, 5) is 8.74. The number of hydrogen-bond donors (Lipinski definition) is 2. The molecule has 1 aromatic heterocycles. The first-order valence-electron chi connectivity index (χ1n) is 7.14. The Bertz CT molecular complexity index is 416. The zero-order chi connectivity index (χ0) is 13.7. The molecule has 2 heterocycles. The lowest BCUT2D eigenvalue weighted by Crippen LogP contribution is -2.28. The molecule has 4 nitrogen and oxygen atoms in total. The monoisotopic (exact) mass is 280 g/mol. The van der Waals surface area contributed by atoms with Crippen LogP contribution in [0, 0.1) is 0 Å². The fourth-order valence-electron chi connectivity index (χ4n) is 2.47. The molecule has 1 saturated heterocycles. The summed E-state index contributed by atoms with van der Waals surface area (Å²) in [6.07, 6.45) is 5.20. The van der Waals surface area contributed by atoms with Gasteiger partial charge in [0.05, 0.1) is 0 Å². The van der Waals surface area contributed by atoms with Gasteiger partial charge in [0.2, 0.25) is 0 Å². The average molecular weight is 280 g/mol. The molecule has 0 radical (unpaired) electrons. The van der Waals surface area contributed by atoms with E-state index in [-0.39, 0.29) is 0 Å². The minimum Gasteiger partial charge on any atom is -0.370 e. The summed E-state index contributed by atoms with van der Waals surface area (Å²) in [6.45, 7) is 8.45. The van der Waals surface area contributed by atoms with Crippen LogP contribution in [0.15, 0.2) is 6.33 Å². The van der Waals surface area contributed by atoms with Crippen molar-refractivity contribution in [3.05, 3.63) is 11.9 Å². The number of hydrogen-bond acceptors (Lipinski definition) is 5. The van der Waals surface area contributed by atoms with Crippen molar-refractivity contribution < 1.29 is 0 Å². The van der Waals surface area contributed by atoms with E-state index in [2.05, 4.69) is 53.1 Å². The van der Waals surface area contributed by atoms with Crippen LogP contribution in [0.5, 0.6) is 0 Å². The molecular formula is C14H24N4S. The third-order valence-corrected chi connectivity index (χ3v) is 5.11. The predicted molar refractivity (Wildman–Crippen MR) is 84.2 cm³/mol. The van der Waals surface area contributed by atoms with E-state index in [4.69, 9.17) is 0 Å². The minimum absolute atomic E-state index is 0.355. The summed E-state index contributed by atoms with van der Waals surface area (Å²) in [5.41, 5.74) is 1.19. The van der Waals surface area contributed by atoms with Crippen LogP contribution < -0.4 is 10.6 Å². The molecule has 2 N–H and O–H groups in total.